The Kier molecular flexibility index (Phi) is 6.27. The van der Waals surface area contributed by atoms with Gasteiger partial charge in [-0.3, -0.25) is 9.59 Å². The lowest BCUT2D eigenvalue weighted by atomic mass is 9.98. The molecule has 1 fully saturated rings. The second kappa shape index (κ2) is 8.57. The Bertz CT molecular complexity index is 1040. The van der Waals surface area contributed by atoms with Crippen molar-refractivity contribution in [2.75, 3.05) is 32.5 Å². The molecule has 30 heavy (non-hydrogen) atoms. The van der Waals surface area contributed by atoms with Crippen LogP contribution in [0, 0.1) is 19.8 Å². The number of benzene rings is 1. The van der Waals surface area contributed by atoms with Crippen LogP contribution in [0.25, 0.3) is 0 Å². The highest BCUT2D eigenvalue weighted by molar-refractivity contribution is 7.89. The smallest absolute Gasteiger partial charge is 0.255 e. The van der Waals surface area contributed by atoms with Crippen LogP contribution >= 0.6 is 0 Å². The fraction of sp³-hybridized carbons (Fsp3) is 0.450. The maximum atomic E-state index is 13.1. The van der Waals surface area contributed by atoms with E-state index in [0.29, 0.717) is 36.3 Å². The molecule has 2 amide bonds. The molecule has 1 aliphatic rings. The highest BCUT2D eigenvalue weighted by Crippen LogP contribution is 2.28. The molecule has 1 aliphatic heterocycles. The first-order chi connectivity index (χ1) is 14.1. The minimum Gasteiger partial charge on any atom is -0.360 e. The number of nitrogens with zero attached hydrogens (tertiary/aromatic N) is 3. The van der Waals surface area contributed by atoms with Crippen molar-refractivity contribution in [3.05, 3.63) is 41.3 Å². The van der Waals surface area contributed by atoms with Crippen LogP contribution in [0.5, 0.6) is 0 Å². The van der Waals surface area contributed by atoms with E-state index in [1.807, 2.05) is 0 Å². The van der Waals surface area contributed by atoms with Gasteiger partial charge in [0.05, 0.1) is 17.2 Å². The largest absolute Gasteiger partial charge is 0.360 e. The lowest BCUT2D eigenvalue weighted by Crippen LogP contribution is -2.44. The molecule has 10 heteroatoms. The van der Waals surface area contributed by atoms with Crippen molar-refractivity contribution in [1.82, 2.24) is 14.4 Å². The molecule has 1 aromatic heterocycles. The van der Waals surface area contributed by atoms with E-state index in [9.17, 15) is 18.0 Å². The topological polar surface area (TPSA) is 113 Å². The molecule has 3 rings (SSSR count). The first-order valence-corrected chi connectivity index (χ1v) is 11.1. The van der Waals surface area contributed by atoms with Gasteiger partial charge in [-0.05, 0) is 38.8 Å². The van der Waals surface area contributed by atoms with Crippen LogP contribution in [-0.2, 0) is 14.8 Å². The zero-order valence-corrected chi connectivity index (χ0v) is 18.3. The summed E-state index contributed by atoms with van der Waals surface area (Å²) in [5.74, 6) is -0.837. The Labute approximate surface area is 176 Å². The third-order valence-electron chi connectivity index (χ3n) is 5.14. The molecule has 0 spiro atoms. The monoisotopic (exact) mass is 434 g/mol. The molecule has 9 nitrogen and oxygen atoms in total. The number of rotatable bonds is 5. The number of carbonyl (C=O) groups is 2. The quantitative estimate of drug-likeness (QED) is 0.770. The number of para-hydroxylation sites is 1. The fourth-order valence-electron chi connectivity index (χ4n) is 3.60. The Morgan fingerprint density at radius 1 is 1.23 bits per heavy atom. The molecule has 1 saturated heterocycles. The van der Waals surface area contributed by atoms with Crippen molar-refractivity contribution in [2.45, 2.75) is 31.6 Å². The van der Waals surface area contributed by atoms with Crippen LogP contribution in [0.1, 0.15) is 34.7 Å². The summed E-state index contributed by atoms with van der Waals surface area (Å²) in [5.41, 5.74) is 1.09. The molecule has 0 aliphatic carbocycles. The van der Waals surface area contributed by atoms with Gasteiger partial charge in [-0.2, -0.15) is 4.31 Å². The van der Waals surface area contributed by atoms with Gasteiger partial charge >= 0.3 is 0 Å². The predicted molar refractivity (Wildman–Crippen MR) is 111 cm³/mol. The van der Waals surface area contributed by atoms with E-state index in [0.717, 1.165) is 0 Å². The normalized spacial score (nSPS) is 17.5. The van der Waals surface area contributed by atoms with E-state index >= 15 is 0 Å². The molecule has 0 radical (unpaired) electrons. The number of sulfonamides is 1. The summed E-state index contributed by atoms with van der Waals surface area (Å²) < 4.78 is 32.5. The lowest BCUT2D eigenvalue weighted by molar-refractivity contribution is -0.120. The maximum Gasteiger partial charge on any atom is 0.255 e. The van der Waals surface area contributed by atoms with E-state index in [1.54, 1.807) is 52.2 Å². The third-order valence-corrected chi connectivity index (χ3v) is 7.25. The van der Waals surface area contributed by atoms with Crippen molar-refractivity contribution in [1.29, 1.82) is 0 Å². The van der Waals surface area contributed by atoms with E-state index < -0.39 is 15.9 Å². The van der Waals surface area contributed by atoms with Gasteiger partial charge in [0.1, 0.15) is 10.6 Å². The first kappa shape index (κ1) is 22.0. The molecular weight excluding hydrogens is 408 g/mol. The summed E-state index contributed by atoms with van der Waals surface area (Å²) >= 11 is 0. The van der Waals surface area contributed by atoms with Gasteiger partial charge in [0, 0.05) is 27.2 Å². The average Bonchev–Trinajstić information content (AvgIpc) is 3.06. The van der Waals surface area contributed by atoms with Crippen LogP contribution in [0.3, 0.4) is 0 Å². The summed E-state index contributed by atoms with van der Waals surface area (Å²) in [4.78, 5) is 26.8. The van der Waals surface area contributed by atoms with Gasteiger partial charge in [-0.15, -0.1) is 0 Å². The molecule has 1 N–H and O–H groups in total. The predicted octanol–water partition coefficient (Wildman–Crippen LogP) is 2.03. The number of hydrogen-bond donors (Lipinski definition) is 1. The number of aromatic nitrogens is 1. The Morgan fingerprint density at radius 3 is 2.57 bits per heavy atom. The second-order valence-electron chi connectivity index (χ2n) is 7.59. The fourth-order valence-corrected chi connectivity index (χ4v) is 5.42. The minimum atomic E-state index is -3.82. The molecule has 0 bridgehead atoms. The van der Waals surface area contributed by atoms with Gasteiger partial charge < -0.3 is 14.7 Å². The number of aryl methyl sites for hydroxylation is 2. The second-order valence-corrected chi connectivity index (χ2v) is 9.46. The number of hydrogen-bond acceptors (Lipinski definition) is 6. The molecule has 1 aromatic carbocycles. The SMILES string of the molecule is Cc1noc(C)c1S(=O)(=O)N1CCCC(C(=O)Nc2ccccc2C(=O)N(C)C)C1. The molecule has 1 atom stereocenters. The van der Waals surface area contributed by atoms with E-state index in [1.165, 1.54) is 9.21 Å². The van der Waals surface area contributed by atoms with Gasteiger partial charge in [-0.25, -0.2) is 8.42 Å². The first-order valence-electron chi connectivity index (χ1n) is 9.67. The molecule has 0 saturated carbocycles. The Balaban J connectivity index is 1.78. The number of anilines is 1. The van der Waals surface area contributed by atoms with Crippen LogP contribution in [0.15, 0.2) is 33.7 Å². The summed E-state index contributed by atoms with van der Waals surface area (Å²) in [6.07, 6.45) is 1.11. The van der Waals surface area contributed by atoms with Gasteiger partial charge in [-0.1, -0.05) is 17.3 Å². The molecule has 1 unspecified atom stereocenters. The van der Waals surface area contributed by atoms with Crippen molar-refractivity contribution in [3.63, 3.8) is 0 Å². The molecule has 2 aromatic rings. The molecule has 162 valence electrons. The summed E-state index contributed by atoms with van der Waals surface area (Å²) in [6, 6.07) is 6.77. The summed E-state index contributed by atoms with van der Waals surface area (Å²) in [6.45, 7) is 3.52. The molecule has 2 heterocycles. The Hall–Kier alpha value is -2.72. The number of carbonyl (C=O) groups excluding carboxylic acids is 2. The summed E-state index contributed by atoms with van der Waals surface area (Å²) in [7, 11) is -0.539. The van der Waals surface area contributed by atoms with Crippen molar-refractivity contribution >= 4 is 27.5 Å². The van der Waals surface area contributed by atoms with Crippen molar-refractivity contribution in [2.24, 2.45) is 5.92 Å². The zero-order chi connectivity index (χ0) is 22.1. The Morgan fingerprint density at radius 2 is 1.93 bits per heavy atom. The van der Waals surface area contributed by atoms with Gasteiger partial charge in [0.15, 0.2) is 5.76 Å². The van der Waals surface area contributed by atoms with Gasteiger partial charge in [0.2, 0.25) is 15.9 Å². The number of nitrogens with one attached hydrogen (secondary N) is 1. The number of piperidine rings is 1. The maximum absolute atomic E-state index is 13.1. The minimum absolute atomic E-state index is 0.0576. The van der Waals surface area contributed by atoms with Crippen molar-refractivity contribution < 1.29 is 22.5 Å². The standard InChI is InChI=1S/C20H26N4O5S/c1-13-18(14(2)29-22-13)30(27,28)24-11-7-8-15(12-24)19(25)21-17-10-6-5-9-16(17)20(26)23(3)4/h5-6,9-10,15H,7-8,11-12H2,1-4H3,(H,21,25). The van der Waals surface area contributed by atoms with Crippen LogP contribution in [-0.4, -0.2) is 61.8 Å². The highest BCUT2D eigenvalue weighted by Gasteiger charge is 2.36. The van der Waals surface area contributed by atoms with E-state index in [-0.39, 0.29) is 29.0 Å². The van der Waals surface area contributed by atoms with Gasteiger partial charge in [0.25, 0.3) is 5.91 Å². The van der Waals surface area contributed by atoms with E-state index in [4.69, 9.17) is 4.52 Å². The molecular formula is C20H26N4O5S. The van der Waals surface area contributed by atoms with Crippen LogP contribution in [0.2, 0.25) is 0 Å². The van der Waals surface area contributed by atoms with Crippen molar-refractivity contribution in [3.8, 4) is 0 Å². The lowest BCUT2D eigenvalue weighted by Gasteiger charge is -2.31. The highest BCUT2D eigenvalue weighted by atomic mass is 32.2. The summed E-state index contributed by atoms with van der Waals surface area (Å²) in [5, 5.41) is 6.54. The third kappa shape index (κ3) is 4.24. The van der Waals surface area contributed by atoms with E-state index in [2.05, 4.69) is 10.5 Å². The van der Waals surface area contributed by atoms with Crippen LogP contribution < -0.4 is 5.32 Å². The zero-order valence-electron chi connectivity index (χ0n) is 17.5. The average molecular weight is 435 g/mol. The van der Waals surface area contributed by atoms with Crippen LogP contribution in [0.4, 0.5) is 5.69 Å². The number of amides is 2.